The van der Waals surface area contributed by atoms with Crippen LogP contribution in [-0.4, -0.2) is 104 Å². The summed E-state index contributed by atoms with van der Waals surface area (Å²) in [7, 11) is 0. The maximum Gasteiger partial charge on any atom is 0.490 e. The zero-order chi connectivity index (χ0) is 41.0. The molecule has 0 aliphatic carbocycles. The summed E-state index contributed by atoms with van der Waals surface area (Å²) in [6, 6.07) is 18.2. The first-order valence-corrected chi connectivity index (χ1v) is 17.4. The average molecular weight is 783 g/mol. The molecular formula is C38H41F3N6O9. The van der Waals surface area contributed by atoms with E-state index in [2.05, 4.69) is 20.9 Å². The van der Waals surface area contributed by atoms with E-state index in [0.717, 1.165) is 22.0 Å². The number of carboxylic acid groups (broad SMARTS) is 2. The molecule has 1 aliphatic heterocycles. The zero-order valence-electron chi connectivity index (χ0n) is 29.8. The molecule has 1 saturated heterocycles. The molecule has 0 saturated carbocycles. The minimum atomic E-state index is -5.08. The van der Waals surface area contributed by atoms with Crippen LogP contribution in [0.15, 0.2) is 85.1 Å². The number of aliphatic carboxylic acids is 2. The van der Waals surface area contributed by atoms with Gasteiger partial charge in [-0.25, -0.2) is 9.59 Å². The van der Waals surface area contributed by atoms with Crippen molar-refractivity contribution in [2.24, 2.45) is 5.73 Å². The Hall–Kier alpha value is -6.43. The van der Waals surface area contributed by atoms with Crippen molar-refractivity contribution < 1.29 is 57.3 Å². The van der Waals surface area contributed by atoms with Gasteiger partial charge in [-0.05, 0) is 47.7 Å². The van der Waals surface area contributed by atoms with E-state index in [0.29, 0.717) is 18.4 Å². The number of carbonyl (C=O) groups excluding carboxylic acids is 4. The normalized spacial score (nSPS) is 15.4. The van der Waals surface area contributed by atoms with E-state index in [1.165, 1.54) is 17.0 Å². The Balaban J connectivity index is 0.000000908. The van der Waals surface area contributed by atoms with E-state index in [1.54, 1.807) is 42.6 Å². The number of nitrogens with two attached hydrogens (primary N) is 1. The zero-order valence-corrected chi connectivity index (χ0v) is 29.8. The van der Waals surface area contributed by atoms with Crippen LogP contribution in [0.4, 0.5) is 13.2 Å². The first-order chi connectivity index (χ1) is 26.6. The minimum Gasteiger partial charge on any atom is -0.508 e. The lowest BCUT2D eigenvalue weighted by Gasteiger charge is -2.30. The Kier molecular flexibility index (Phi) is 14.5. The highest BCUT2D eigenvalue weighted by Gasteiger charge is 2.40. The maximum atomic E-state index is 13.9. The number of likely N-dealkylation sites (tertiary alicyclic amines) is 1. The van der Waals surface area contributed by atoms with E-state index in [4.69, 9.17) is 15.6 Å². The molecule has 9 N–H and O–H groups in total. The molecule has 4 atom stereocenters. The Morgan fingerprint density at radius 2 is 1.41 bits per heavy atom. The van der Waals surface area contributed by atoms with Crippen LogP contribution < -0.4 is 21.7 Å². The Bertz CT molecular complexity index is 2010. The molecule has 1 fully saturated rings. The number of para-hydroxylation sites is 1. The van der Waals surface area contributed by atoms with E-state index in [1.807, 2.05) is 30.3 Å². The quantitative estimate of drug-likeness (QED) is 0.0925. The minimum absolute atomic E-state index is 0.0392. The summed E-state index contributed by atoms with van der Waals surface area (Å²) in [5.74, 6) is -6.22. The number of phenols is 1. The van der Waals surface area contributed by atoms with Crippen molar-refractivity contribution in [2.75, 3.05) is 13.1 Å². The molecular weight excluding hydrogens is 741 g/mol. The van der Waals surface area contributed by atoms with E-state index in [-0.39, 0.29) is 38.1 Å². The van der Waals surface area contributed by atoms with Crippen LogP contribution >= 0.6 is 0 Å². The van der Waals surface area contributed by atoms with Crippen molar-refractivity contribution in [3.63, 3.8) is 0 Å². The van der Waals surface area contributed by atoms with Crippen molar-refractivity contribution in [2.45, 2.75) is 62.4 Å². The highest BCUT2D eigenvalue weighted by atomic mass is 19.4. The number of aromatic nitrogens is 1. The summed E-state index contributed by atoms with van der Waals surface area (Å²) in [4.78, 5) is 79.6. The highest BCUT2D eigenvalue weighted by molar-refractivity contribution is 5.96. The van der Waals surface area contributed by atoms with Crippen molar-refractivity contribution in [1.82, 2.24) is 25.8 Å². The summed E-state index contributed by atoms with van der Waals surface area (Å²) in [5.41, 5.74) is 8.49. The van der Waals surface area contributed by atoms with Crippen LogP contribution in [0.3, 0.4) is 0 Å². The van der Waals surface area contributed by atoms with Gasteiger partial charge in [0.2, 0.25) is 23.6 Å². The third kappa shape index (κ3) is 11.8. The molecule has 4 amide bonds. The van der Waals surface area contributed by atoms with Crippen molar-refractivity contribution in [1.29, 1.82) is 0 Å². The molecule has 15 nitrogen and oxygen atoms in total. The summed E-state index contributed by atoms with van der Waals surface area (Å²) in [6.45, 7) is -0.0888. The second kappa shape index (κ2) is 19.2. The number of alkyl halides is 3. The molecule has 0 bridgehead atoms. The lowest BCUT2D eigenvalue weighted by atomic mass is 10.0. The molecule has 3 aromatic carbocycles. The molecule has 5 rings (SSSR count). The van der Waals surface area contributed by atoms with Crippen molar-refractivity contribution >= 4 is 46.5 Å². The number of hydrogen-bond donors (Lipinski definition) is 8. The second-order valence-corrected chi connectivity index (χ2v) is 12.9. The van der Waals surface area contributed by atoms with Crippen LogP contribution in [0.1, 0.15) is 29.5 Å². The second-order valence-electron chi connectivity index (χ2n) is 12.9. The number of carbonyl (C=O) groups is 6. The molecule has 1 aromatic heterocycles. The summed E-state index contributed by atoms with van der Waals surface area (Å²) >= 11 is 0. The summed E-state index contributed by atoms with van der Waals surface area (Å²) in [6.07, 6.45) is -2.32. The third-order valence-corrected chi connectivity index (χ3v) is 8.91. The molecule has 56 heavy (non-hydrogen) atoms. The van der Waals surface area contributed by atoms with Gasteiger partial charge in [0.05, 0.1) is 6.54 Å². The maximum absolute atomic E-state index is 13.9. The molecule has 298 valence electrons. The van der Waals surface area contributed by atoms with Gasteiger partial charge in [0.1, 0.15) is 29.9 Å². The summed E-state index contributed by atoms with van der Waals surface area (Å²) < 4.78 is 31.7. The van der Waals surface area contributed by atoms with Gasteiger partial charge in [-0.3, -0.25) is 19.2 Å². The molecule has 1 aliphatic rings. The Morgan fingerprint density at radius 1 is 0.804 bits per heavy atom. The molecule has 4 aromatic rings. The number of H-pyrrole nitrogens is 1. The fraction of sp³-hybridized carbons (Fsp3) is 0.316. The number of rotatable bonds is 14. The fourth-order valence-electron chi connectivity index (χ4n) is 6.14. The van der Waals surface area contributed by atoms with Gasteiger partial charge in [-0.1, -0.05) is 60.7 Å². The first kappa shape index (κ1) is 42.3. The van der Waals surface area contributed by atoms with Crippen molar-refractivity contribution in [3.05, 3.63) is 102 Å². The lowest BCUT2D eigenvalue weighted by molar-refractivity contribution is -0.192. The average Bonchev–Trinajstić information content (AvgIpc) is 3.83. The number of amides is 4. The molecule has 0 radical (unpaired) electrons. The number of phenolic OH excluding ortho intramolecular Hbond substituents is 1. The van der Waals surface area contributed by atoms with Gasteiger partial charge in [0.15, 0.2) is 0 Å². The number of aromatic hydroxyl groups is 1. The molecule has 0 spiro atoms. The number of aromatic amines is 1. The lowest BCUT2D eigenvalue weighted by Crippen LogP contribution is -2.58. The number of benzene rings is 3. The van der Waals surface area contributed by atoms with Crippen LogP contribution in [0, 0.1) is 0 Å². The topological polar surface area (TPSA) is 244 Å². The summed E-state index contributed by atoms with van der Waals surface area (Å²) in [5, 5.41) is 35.7. The van der Waals surface area contributed by atoms with Crippen LogP contribution in [0.25, 0.3) is 10.9 Å². The van der Waals surface area contributed by atoms with Gasteiger partial charge >= 0.3 is 18.1 Å². The van der Waals surface area contributed by atoms with Gasteiger partial charge in [0.25, 0.3) is 0 Å². The predicted octanol–water partition coefficient (Wildman–Crippen LogP) is 2.02. The van der Waals surface area contributed by atoms with Crippen LogP contribution in [0.2, 0.25) is 0 Å². The van der Waals surface area contributed by atoms with Crippen LogP contribution in [-0.2, 0) is 48.0 Å². The number of hydrogen-bond acceptors (Lipinski definition) is 8. The van der Waals surface area contributed by atoms with Crippen molar-refractivity contribution in [3.8, 4) is 5.75 Å². The van der Waals surface area contributed by atoms with E-state index in [9.17, 15) is 47.4 Å². The van der Waals surface area contributed by atoms with E-state index >= 15 is 0 Å². The first-order valence-electron chi connectivity index (χ1n) is 17.4. The molecule has 18 heteroatoms. The number of nitrogens with one attached hydrogen (secondary N) is 4. The number of fused-ring (bicyclic) bond motifs is 1. The number of carboxylic acids is 2. The van der Waals surface area contributed by atoms with Gasteiger partial charge in [0, 0.05) is 42.9 Å². The monoisotopic (exact) mass is 782 g/mol. The number of halogens is 3. The van der Waals surface area contributed by atoms with Crippen LogP contribution in [0.5, 0.6) is 5.75 Å². The van der Waals surface area contributed by atoms with Gasteiger partial charge in [-0.15, -0.1) is 0 Å². The molecule has 2 heterocycles. The standard InChI is InChI=1S/C36H40N6O7.C2HF3O2/c37-20-32(44)39-29(17-23-12-14-25(43)15-13-23)35(47)42-16-6-11-31(42)34(46)40-28(19-24-21-38-27-10-5-4-9-26(24)27)33(45)41-30(36(48)49)18-22-7-2-1-3-8-22;3-2(4,5)1(6)7/h1-5,7-10,12-15,21,28-31,38,43H,6,11,16-20,37H2,(H,39,44)(H,40,46)(H,41,45)(H,48,49);(H,6,7)/t28-,29+,30-,31-;/m1./s1. The Morgan fingerprint density at radius 3 is 2.04 bits per heavy atom. The third-order valence-electron chi connectivity index (χ3n) is 8.91. The highest BCUT2D eigenvalue weighted by Crippen LogP contribution is 2.23. The Labute approximate surface area is 318 Å². The SMILES string of the molecule is NCC(=O)N[C@@H](Cc1ccc(O)cc1)C(=O)N1CCC[C@@H]1C(=O)N[C@H](Cc1c[nH]c2ccccc12)C(=O)N[C@H](Cc1ccccc1)C(=O)O.O=C(O)C(F)(F)F. The smallest absolute Gasteiger partial charge is 0.490 e. The largest absolute Gasteiger partial charge is 0.508 e. The fourth-order valence-corrected chi connectivity index (χ4v) is 6.14. The van der Waals surface area contributed by atoms with E-state index < -0.39 is 65.9 Å². The number of nitrogens with zero attached hydrogens (tertiary/aromatic N) is 1. The van der Waals surface area contributed by atoms with Gasteiger partial charge < -0.3 is 46.9 Å². The van der Waals surface area contributed by atoms with Gasteiger partial charge in [-0.2, -0.15) is 13.2 Å². The predicted molar refractivity (Wildman–Crippen MR) is 195 cm³/mol. The molecule has 0 unspecified atom stereocenters.